The Balaban J connectivity index is 1.63. The maximum Gasteiger partial charge on any atom is 0.252 e. The van der Waals surface area contributed by atoms with Gasteiger partial charge in [-0.3, -0.25) is 4.79 Å². The Morgan fingerprint density at radius 2 is 1.76 bits per heavy atom. The second-order valence-corrected chi connectivity index (χ2v) is 11.4. The Bertz CT molecular complexity index is 1220. The highest BCUT2D eigenvalue weighted by Crippen LogP contribution is 2.42. The van der Waals surface area contributed by atoms with Gasteiger partial charge in [-0.15, -0.1) is 0 Å². The number of benzene rings is 2. The van der Waals surface area contributed by atoms with E-state index >= 15 is 0 Å². The van der Waals surface area contributed by atoms with Crippen molar-refractivity contribution in [2.75, 3.05) is 37.7 Å². The number of rotatable bonds is 6. The van der Waals surface area contributed by atoms with Gasteiger partial charge < -0.3 is 19.1 Å². The normalized spacial score (nSPS) is 22.3. The first-order valence-corrected chi connectivity index (χ1v) is 13.1. The van der Waals surface area contributed by atoms with Gasteiger partial charge in [0.25, 0.3) is 5.91 Å². The number of thioether (sulfide) groups is 1. The molecule has 4 rings (SSSR count). The Morgan fingerprint density at radius 1 is 1.06 bits per heavy atom. The van der Waals surface area contributed by atoms with Crippen LogP contribution >= 0.6 is 23.4 Å². The highest BCUT2D eigenvalue weighted by atomic mass is 35.5. The number of halogens is 1. The van der Waals surface area contributed by atoms with Crippen molar-refractivity contribution in [1.82, 2.24) is 0 Å². The first-order valence-electron chi connectivity index (χ1n) is 10.1. The topological polar surface area (TPSA) is 94.5 Å². The lowest BCUT2D eigenvalue weighted by molar-refractivity contribution is -0.117. The second kappa shape index (κ2) is 9.44. The summed E-state index contributed by atoms with van der Waals surface area (Å²) in [4.78, 5) is 19.0. The number of hydrogen-bond donors (Lipinski definition) is 0. The molecule has 2 aliphatic heterocycles. The molecule has 2 atom stereocenters. The highest BCUT2D eigenvalue weighted by molar-refractivity contribution is 8.16. The van der Waals surface area contributed by atoms with Crippen molar-refractivity contribution in [3.8, 4) is 17.2 Å². The monoisotopic (exact) mass is 510 g/mol. The molecular weight excluding hydrogens is 488 g/mol. The zero-order chi connectivity index (χ0) is 23.8. The third-order valence-electron chi connectivity index (χ3n) is 5.50. The van der Waals surface area contributed by atoms with Crippen LogP contribution in [-0.2, 0) is 21.1 Å². The molecule has 33 heavy (non-hydrogen) atoms. The van der Waals surface area contributed by atoms with Gasteiger partial charge in [0.1, 0.15) is 5.75 Å². The van der Waals surface area contributed by atoms with Gasteiger partial charge >= 0.3 is 0 Å². The lowest BCUT2D eigenvalue weighted by atomic mass is 10.1. The summed E-state index contributed by atoms with van der Waals surface area (Å²) in [5, 5.41) is 0.649. The Labute approximate surface area is 201 Å². The largest absolute Gasteiger partial charge is 0.495 e. The number of anilines is 1. The number of carbonyl (C=O) groups is 1. The van der Waals surface area contributed by atoms with Crippen LogP contribution < -0.4 is 19.1 Å². The molecule has 2 aromatic rings. The van der Waals surface area contributed by atoms with Crippen LogP contribution in [0.4, 0.5) is 5.69 Å². The van der Waals surface area contributed by atoms with Crippen LogP contribution in [0.15, 0.2) is 41.4 Å². The van der Waals surface area contributed by atoms with E-state index in [4.69, 9.17) is 25.8 Å². The molecule has 2 aromatic carbocycles. The maximum atomic E-state index is 12.8. The number of sulfone groups is 1. The molecule has 2 heterocycles. The smallest absolute Gasteiger partial charge is 0.252 e. The molecule has 0 saturated carbocycles. The molecule has 1 amide bonds. The lowest BCUT2D eigenvalue weighted by Crippen LogP contribution is -2.37. The van der Waals surface area contributed by atoms with Crippen molar-refractivity contribution in [3.63, 3.8) is 0 Å². The number of aliphatic imine (C=N–C) groups is 1. The van der Waals surface area contributed by atoms with Crippen molar-refractivity contribution in [1.29, 1.82) is 0 Å². The van der Waals surface area contributed by atoms with Gasteiger partial charge in [0.15, 0.2) is 26.5 Å². The zero-order valence-electron chi connectivity index (χ0n) is 18.3. The molecule has 2 fully saturated rings. The summed E-state index contributed by atoms with van der Waals surface area (Å²) in [6.07, 6.45) is 0.0647. The van der Waals surface area contributed by atoms with Crippen molar-refractivity contribution in [2.45, 2.75) is 17.7 Å². The summed E-state index contributed by atoms with van der Waals surface area (Å²) in [5.74, 6) is 1.30. The zero-order valence-corrected chi connectivity index (χ0v) is 20.7. The average molecular weight is 511 g/mol. The minimum absolute atomic E-state index is 0.00277. The number of methoxy groups -OCH3 is 3. The Kier molecular flexibility index (Phi) is 6.78. The number of nitrogens with zero attached hydrogens (tertiary/aromatic N) is 2. The van der Waals surface area contributed by atoms with Crippen molar-refractivity contribution < 1.29 is 27.4 Å². The van der Waals surface area contributed by atoms with Gasteiger partial charge in [0, 0.05) is 10.9 Å². The minimum atomic E-state index is -3.17. The SMILES string of the molecule is COc1ccc(N2C(=NC(=O)Cc3ccc(OC)c(OC)c3)S[C@H]3CS(=O)(=O)C[C@@H]32)cc1Cl. The van der Waals surface area contributed by atoms with Crippen LogP contribution in [0.1, 0.15) is 5.56 Å². The first-order chi connectivity index (χ1) is 15.7. The van der Waals surface area contributed by atoms with Crippen molar-refractivity contribution >= 4 is 50.0 Å². The quantitative estimate of drug-likeness (QED) is 0.584. The van der Waals surface area contributed by atoms with Gasteiger partial charge in [-0.1, -0.05) is 29.4 Å². The van der Waals surface area contributed by atoms with E-state index in [0.29, 0.717) is 33.1 Å². The average Bonchev–Trinajstić information content (AvgIpc) is 3.23. The van der Waals surface area contributed by atoms with E-state index in [1.54, 1.807) is 48.4 Å². The van der Waals surface area contributed by atoms with E-state index in [2.05, 4.69) is 4.99 Å². The molecule has 0 unspecified atom stereocenters. The van der Waals surface area contributed by atoms with E-state index in [1.807, 2.05) is 0 Å². The van der Waals surface area contributed by atoms with Crippen molar-refractivity contribution in [3.05, 3.63) is 47.0 Å². The summed E-state index contributed by atoms with van der Waals surface area (Å²) in [6.45, 7) is 0. The second-order valence-electron chi connectivity index (χ2n) is 7.64. The predicted molar refractivity (Wildman–Crippen MR) is 130 cm³/mol. The van der Waals surface area contributed by atoms with Gasteiger partial charge in [0.2, 0.25) is 0 Å². The summed E-state index contributed by atoms with van der Waals surface area (Å²) >= 11 is 7.63. The number of amides is 1. The summed E-state index contributed by atoms with van der Waals surface area (Å²) in [7, 11) is 1.43. The molecule has 2 saturated heterocycles. The molecule has 0 aromatic heterocycles. The maximum absolute atomic E-state index is 12.8. The molecule has 0 radical (unpaired) electrons. The number of hydrogen-bond acceptors (Lipinski definition) is 7. The third-order valence-corrected chi connectivity index (χ3v) is 9.01. The van der Waals surface area contributed by atoms with Gasteiger partial charge in [-0.2, -0.15) is 4.99 Å². The number of amidine groups is 1. The molecule has 2 aliphatic rings. The first kappa shape index (κ1) is 23.7. The van der Waals surface area contributed by atoms with Crippen molar-refractivity contribution in [2.24, 2.45) is 4.99 Å². The van der Waals surface area contributed by atoms with Crippen LogP contribution in [0.3, 0.4) is 0 Å². The van der Waals surface area contributed by atoms with E-state index in [0.717, 1.165) is 5.56 Å². The van der Waals surface area contributed by atoms with Gasteiger partial charge in [-0.05, 0) is 35.9 Å². The molecule has 8 nitrogen and oxygen atoms in total. The molecule has 176 valence electrons. The Morgan fingerprint density at radius 3 is 2.42 bits per heavy atom. The van der Waals surface area contributed by atoms with Crippen LogP contribution in [-0.4, -0.2) is 63.6 Å². The van der Waals surface area contributed by atoms with Crippen LogP contribution in [0, 0.1) is 0 Å². The fourth-order valence-electron chi connectivity index (χ4n) is 3.98. The fourth-order valence-corrected chi connectivity index (χ4v) is 8.17. The molecule has 0 bridgehead atoms. The van der Waals surface area contributed by atoms with Crippen LogP contribution in [0.2, 0.25) is 5.02 Å². The van der Waals surface area contributed by atoms with Crippen LogP contribution in [0.5, 0.6) is 17.2 Å². The predicted octanol–water partition coefficient (Wildman–Crippen LogP) is 3.21. The minimum Gasteiger partial charge on any atom is -0.495 e. The van der Waals surface area contributed by atoms with E-state index in [1.165, 1.54) is 26.0 Å². The van der Waals surface area contributed by atoms with Crippen LogP contribution in [0.25, 0.3) is 0 Å². The van der Waals surface area contributed by atoms with Gasteiger partial charge in [0.05, 0.1) is 50.3 Å². The summed E-state index contributed by atoms with van der Waals surface area (Å²) < 4.78 is 40.3. The number of carbonyl (C=O) groups excluding carboxylic acids is 1. The molecule has 0 N–H and O–H groups in total. The highest BCUT2D eigenvalue weighted by Gasteiger charge is 2.49. The molecular formula is C22H23ClN2O6S2. The molecule has 0 spiro atoms. The van der Waals surface area contributed by atoms with E-state index in [-0.39, 0.29) is 35.1 Å². The molecule has 11 heteroatoms. The number of fused-ring (bicyclic) bond motifs is 1. The standard InChI is InChI=1S/C22H23ClN2O6S2/c1-29-17-7-5-14(10-15(17)23)25-16-11-33(27,28)12-20(16)32-22(25)24-21(26)9-13-4-6-18(30-2)19(8-13)31-3/h4-8,10,16,20H,9,11-12H2,1-3H3/t16-,20-/m0/s1. The Hall–Kier alpha value is -2.43. The molecule has 0 aliphatic carbocycles. The number of ether oxygens (including phenoxy) is 3. The van der Waals surface area contributed by atoms with E-state index < -0.39 is 9.84 Å². The summed E-state index contributed by atoms with van der Waals surface area (Å²) in [6, 6.07) is 10.1. The lowest BCUT2D eigenvalue weighted by Gasteiger charge is -2.25. The van der Waals surface area contributed by atoms with Gasteiger partial charge in [-0.25, -0.2) is 8.42 Å². The fraction of sp³-hybridized carbons (Fsp3) is 0.364. The third kappa shape index (κ3) is 4.92. The van der Waals surface area contributed by atoms with E-state index in [9.17, 15) is 13.2 Å². The summed E-state index contributed by atoms with van der Waals surface area (Å²) in [5.41, 5.74) is 1.39.